The van der Waals surface area contributed by atoms with Gasteiger partial charge in [-0.1, -0.05) is 6.92 Å². The normalized spacial score (nSPS) is 15.5. The Labute approximate surface area is 127 Å². The third-order valence-corrected chi connectivity index (χ3v) is 3.86. The minimum Gasteiger partial charge on any atom is -0.481 e. The number of carboxylic acid groups (broad SMARTS) is 1. The maximum absolute atomic E-state index is 12.7. The predicted octanol–water partition coefficient (Wildman–Crippen LogP) is 1.96. The molecule has 1 amide bonds. The van der Waals surface area contributed by atoms with E-state index < -0.39 is 11.9 Å². The van der Waals surface area contributed by atoms with Crippen molar-refractivity contribution in [3.8, 4) is 0 Å². The Bertz CT molecular complexity index is 727. The molecule has 1 unspecified atom stereocenters. The lowest BCUT2D eigenvalue weighted by molar-refractivity contribution is -0.141. The van der Waals surface area contributed by atoms with E-state index in [-0.39, 0.29) is 18.5 Å². The SMILES string of the molecule is CC(CN(C(=O)c1ccc2nccnc2c1)C1CC1)C(=O)O. The summed E-state index contributed by atoms with van der Waals surface area (Å²) in [6.07, 6.45) is 5.06. The molecule has 1 aliphatic rings. The molecule has 2 aromatic rings. The van der Waals surface area contributed by atoms with Crippen molar-refractivity contribution in [2.45, 2.75) is 25.8 Å². The molecular formula is C16H17N3O3. The molecule has 0 saturated heterocycles. The van der Waals surface area contributed by atoms with Crippen LogP contribution in [0.2, 0.25) is 0 Å². The molecule has 0 bridgehead atoms. The standard InChI is InChI=1S/C16H17N3O3/c1-10(16(21)22)9-19(12-3-4-12)15(20)11-2-5-13-14(8-11)18-7-6-17-13/h2,5-8,10,12H,3-4,9H2,1H3,(H,21,22). The smallest absolute Gasteiger partial charge is 0.308 e. The highest BCUT2D eigenvalue weighted by molar-refractivity contribution is 5.97. The average molecular weight is 299 g/mol. The number of carbonyl (C=O) groups is 2. The van der Waals surface area contributed by atoms with Crippen molar-refractivity contribution >= 4 is 22.9 Å². The zero-order chi connectivity index (χ0) is 15.7. The lowest BCUT2D eigenvalue weighted by atomic mass is 10.1. The quantitative estimate of drug-likeness (QED) is 0.912. The second-order valence-electron chi connectivity index (χ2n) is 5.69. The fraction of sp³-hybridized carbons (Fsp3) is 0.375. The minimum absolute atomic E-state index is 0.136. The third kappa shape index (κ3) is 2.90. The lowest BCUT2D eigenvalue weighted by Crippen LogP contribution is -2.38. The molecule has 1 N–H and O–H groups in total. The number of hydrogen-bond donors (Lipinski definition) is 1. The van der Waals surface area contributed by atoms with E-state index in [0.29, 0.717) is 11.1 Å². The first kappa shape index (κ1) is 14.4. The number of amides is 1. The molecule has 0 aliphatic heterocycles. The van der Waals surface area contributed by atoms with Gasteiger partial charge in [0, 0.05) is 30.5 Å². The van der Waals surface area contributed by atoms with Gasteiger partial charge in [0.05, 0.1) is 17.0 Å². The van der Waals surface area contributed by atoms with Gasteiger partial charge in [-0.15, -0.1) is 0 Å². The first-order valence-electron chi connectivity index (χ1n) is 7.31. The Morgan fingerprint density at radius 2 is 1.95 bits per heavy atom. The fourth-order valence-electron chi connectivity index (χ4n) is 2.42. The van der Waals surface area contributed by atoms with E-state index >= 15 is 0 Å². The van der Waals surface area contributed by atoms with Crippen LogP contribution in [-0.2, 0) is 4.79 Å². The summed E-state index contributed by atoms with van der Waals surface area (Å²) >= 11 is 0. The summed E-state index contributed by atoms with van der Waals surface area (Å²) in [5.74, 6) is -1.60. The van der Waals surface area contributed by atoms with Crippen LogP contribution in [0.3, 0.4) is 0 Å². The van der Waals surface area contributed by atoms with Crippen molar-refractivity contribution in [2.75, 3.05) is 6.54 Å². The van der Waals surface area contributed by atoms with Gasteiger partial charge < -0.3 is 10.0 Å². The van der Waals surface area contributed by atoms with Gasteiger partial charge >= 0.3 is 5.97 Å². The summed E-state index contributed by atoms with van der Waals surface area (Å²) in [7, 11) is 0. The van der Waals surface area contributed by atoms with E-state index in [9.17, 15) is 9.59 Å². The molecule has 1 aliphatic carbocycles. The van der Waals surface area contributed by atoms with Crippen LogP contribution >= 0.6 is 0 Å². The van der Waals surface area contributed by atoms with E-state index in [1.54, 1.807) is 42.4 Å². The Morgan fingerprint density at radius 3 is 2.59 bits per heavy atom. The summed E-state index contributed by atoms with van der Waals surface area (Å²) < 4.78 is 0. The summed E-state index contributed by atoms with van der Waals surface area (Å²) in [5, 5.41) is 9.07. The van der Waals surface area contributed by atoms with Gasteiger partial charge in [0.1, 0.15) is 0 Å². The highest BCUT2D eigenvalue weighted by Crippen LogP contribution is 2.29. The van der Waals surface area contributed by atoms with E-state index in [4.69, 9.17) is 5.11 Å². The Kier molecular flexibility index (Phi) is 3.75. The van der Waals surface area contributed by atoms with Crippen LogP contribution in [0.4, 0.5) is 0 Å². The number of hydrogen-bond acceptors (Lipinski definition) is 4. The van der Waals surface area contributed by atoms with Crippen molar-refractivity contribution in [1.82, 2.24) is 14.9 Å². The van der Waals surface area contributed by atoms with Gasteiger partial charge in [-0.3, -0.25) is 19.6 Å². The summed E-state index contributed by atoms with van der Waals surface area (Å²) in [6.45, 7) is 1.86. The van der Waals surface area contributed by atoms with Crippen LogP contribution in [0.5, 0.6) is 0 Å². The van der Waals surface area contributed by atoms with E-state index in [1.165, 1.54) is 0 Å². The van der Waals surface area contributed by atoms with Gasteiger partial charge in [0.25, 0.3) is 5.91 Å². The molecule has 1 atom stereocenters. The average Bonchev–Trinajstić information content (AvgIpc) is 3.35. The first-order chi connectivity index (χ1) is 10.6. The van der Waals surface area contributed by atoms with Crippen molar-refractivity contribution in [3.63, 3.8) is 0 Å². The third-order valence-electron chi connectivity index (χ3n) is 3.86. The van der Waals surface area contributed by atoms with E-state index in [1.807, 2.05) is 0 Å². The second kappa shape index (κ2) is 5.71. The van der Waals surface area contributed by atoms with Crippen molar-refractivity contribution < 1.29 is 14.7 Å². The fourth-order valence-corrected chi connectivity index (χ4v) is 2.42. The molecule has 1 heterocycles. The molecule has 6 nitrogen and oxygen atoms in total. The molecule has 0 spiro atoms. The van der Waals surface area contributed by atoms with Gasteiger partial charge in [-0.2, -0.15) is 0 Å². The van der Waals surface area contributed by atoms with Crippen LogP contribution in [0.25, 0.3) is 11.0 Å². The Hall–Kier alpha value is -2.50. The number of aliphatic carboxylic acids is 1. The minimum atomic E-state index is -0.886. The van der Waals surface area contributed by atoms with Crippen molar-refractivity contribution in [1.29, 1.82) is 0 Å². The molecule has 3 rings (SSSR count). The molecule has 1 aromatic carbocycles. The predicted molar refractivity (Wildman–Crippen MR) is 80.4 cm³/mol. The maximum atomic E-state index is 12.7. The van der Waals surface area contributed by atoms with E-state index in [2.05, 4.69) is 9.97 Å². The van der Waals surface area contributed by atoms with Gasteiger partial charge in [0.2, 0.25) is 0 Å². The topological polar surface area (TPSA) is 83.4 Å². The number of nitrogens with zero attached hydrogens (tertiary/aromatic N) is 3. The second-order valence-corrected chi connectivity index (χ2v) is 5.69. The summed E-state index contributed by atoms with van der Waals surface area (Å²) in [5.41, 5.74) is 1.92. The molecular weight excluding hydrogens is 282 g/mol. The van der Waals surface area contributed by atoms with Crippen LogP contribution < -0.4 is 0 Å². The Balaban J connectivity index is 1.86. The van der Waals surface area contributed by atoms with E-state index in [0.717, 1.165) is 18.4 Å². The highest BCUT2D eigenvalue weighted by atomic mass is 16.4. The molecule has 1 saturated carbocycles. The van der Waals surface area contributed by atoms with Crippen LogP contribution in [0, 0.1) is 5.92 Å². The monoisotopic (exact) mass is 299 g/mol. The van der Waals surface area contributed by atoms with Crippen LogP contribution in [0.15, 0.2) is 30.6 Å². The zero-order valence-electron chi connectivity index (χ0n) is 12.3. The first-order valence-corrected chi connectivity index (χ1v) is 7.31. The van der Waals surface area contributed by atoms with Crippen LogP contribution in [-0.4, -0.2) is 44.4 Å². The van der Waals surface area contributed by atoms with Crippen molar-refractivity contribution in [2.24, 2.45) is 5.92 Å². The maximum Gasteiger partial charge on any atom is 0.308 e. The molecule has 6 heteroatoms. The van der Waals surface area contributed by atoms with Gasteiger partial charge in [-0.25, -0.2) is 0 Å². The summed E-state index contributed by atoms with van der Waals surface area (Å²) in [6, 6.07) is 5.36. The zero-order valence-corrected chi connectivity index (χ0v) is 12.3. The lowest BCUT2D eigenvalue weighted by Gasteiger charge is -2.24. The largest absolute Gasteiger partial charge is 0.481 e. The molecule has 1 fully saturated rings. The molecule has 22 heavy (non-hydrogen) atoms. The molecule has 114 valence electrons. The molecule has 1 aromatic heterocycles. The van der Waals surface area contributed by atoms with Crippen LogP contribution in [0.1, 0.15) is 30.1 Å². The molecule has 0 radical (unpaired) electrons. The van der Waals surface area contributed by atoms with Crippen molar-refractivity contribution in [3.05, 3.63) is 36.2 Å². The number of fused-ring (bicyclic) bond motifs is 1. The van der Waals surface area contributed by atoms with Gasteiger partial charge in [0.15, 0.2) is 0 Å². The number of rotatable bonds is 5. The number of aromatic nitrogens is 2. The number of carboxylic acids is 1. The highest BCUT2D eigenvalue weighted by Gasteiger charge is 2.35. The Morgan fingerprint density at radius 1 is 1.27 bits per heavy atom. The summed E-state index contributed by atoms with van der Waals surface area (Å²) in [4.78, 5) is 33.8. The number of benzene rings is 1. The number of carbonyl (C=O) groups excluding carboxylic acids is 1. The van der Waals surface area contributed by atoms with Gasteiger partial charge in [-0.05, 0) is 31.0 Å².